The maximum absolute atomic E-state index is 10.6. The number of hydrogen-bond donors (Lipinski definition) is 3. The first-order valence-corrected chi connectivity index (χ1v) is 19.4. The van der Waals surface area contributed by atoms with Crippen molar-refractivity contribution >= 4 is 0 Å². The zero-order valence-corrected chi connectivity index (χ0v) is 36.0. The lowest BCUT2D eigenvalue weighted by molar-refractivity contribution is 0.0136. The minimum Gasteiger partial charge on any atom is -0.390 e. The van der Waals surface area contributed by atoms with Gasteiger partial charge in [-0.25, -0.2) is 0 Å². The summed E-state index contributed by atoms with van der Waals surface area (Å²) in [6.45, 7) is 27.9. The van der Waals surface area contributed by atoms with Crippen LogP contribution in [0.3, 0.4) is 0 Å². The van der Waals surface area contributed by atoms with Gasteiger partial charge in [0.15, 0.2) is 0 Å². The molecule has 294 valence electrons. The normalized spacial score (nSPS) is 16.8. The molecule has 0 aliphatic carbocycles. The topological polar surface area (TPSA) is 60.7 Å². The van der Waals surface area contributed by atoms with Crippen LogP contribution in [0.5, 0.6) is 0 Å². The smallest absolute Gasteiger partial charge is 0.0654 e. The van der Waals surface area contributed by atoms with E-state index in [0.29, 0.717) is 6.42 Å². The Hall–Kier alpha value is -3.50. The standard InChI is InChI=1S/C50H76O3/c1-39(2)31-34-46(49(11,12)52)35-32-44(7)29-19-27-42(5)25-17-23-40(3)21-15-16-22-41(4)24-18-26-43(6)28-20-30-45(8)33-36-47(50(13,14)53)37-38-48(9,10)51/h15-31,33,36,46-47,51-53H,32,34-35,37-38H2,1-14H3. The van der Waals surface area contributed by atoms with E-state index in [1.807, 2.05) is 33.8 Å². The van der Waals surface area contributed by atoms with Gasteiger partial charge >= 0.3 is 0 Å². The van der Waals surface area contributed by atoms with Gasteiger partial charge in [0, 0.05) is 5.92 Å². The Morgan fingerprint density at radius 3 is 1.26 bits per heavy atom. The van der Waals surface area contributed by atoms with Crippen LogP contribution in [0.2, 0.25) is 0 Å². The van der Waals surface area contributed by atoms with Crippen LogP contribution in [0.4, 0.5) is 0 Å². The minimum absolute atomic E-state index is 0.0334. The van der Waals surface area contributed by atoms with Crippen molar-refractivity contribution in [3.8, 4) is 0 Å². The maximum Gasteiger partial charge on any atom is 0.0654 e. The van der Waals surface area contributed by atoms with E-state index >= 15 is 0 Å². The van der Waals surface area contributed by atoms with E-state index in [4.69, 9.17) is 0 Å². The van der Waals surface area contributed by atoms with E-state index in [1.54, 1.807) is 13.8 Å². The van der Waals surface area contributed by atoms with Crippen LogP contribution in [0.15, 0.2) is 154 Å². The molecule has 53 heavy (non-hydrogen) atoms. The summed E-state index contributed by atoms with van der Waals surface area (Å²) in [7, 11) is 0. The molecule has 0 saturated carbocycles. The first-order valence-electron chi connectivity index (χ1n) is 19.4. The molecule has 0 radical (unpaired) electrons. The first kappa shape index (κ1) is 49.5. The van der Waals surface area contributed by atoms with E-state index in [2.05, 4.69) is 165 Å². The summed E-state index contributed by atoms with van der Waals surface area (Å²) >= 11 is 0. The molecule has 0 heterocycles. The highest BCUT2D eigenvalue weighted by Crippen LogP contribution is 2.28. The van der Waals surface area contributed by atoms with Gasteiger partial charge in [0.25, 0.3) is 0 Å². The fraction of sp³-hybridized carbons (Fsp3) is 0.480. The van der Waals surface area contributed by atoms with Gasteiger partial charge in [-0.3, -0.25) is 0 Å². The van der Waals surface area contributed by atoms with Gasteiger partial charge in [0.05, 0.1) is 16.8 Å². The SMILES string of the molecule is CC(C)=CCC(CCC(C)=CC=CC(C)=CC=CC(C)=CC=CC=C(C)C=CC=C(C)C=CC=C(C)C=CC(CCC(C)(C)O)C(C)(C)O)C(C)(C)O. The summed E-state index contributed by atoms with van der Waals surface area (Å²) in [4.78, 5) is 0. The highest BCUT2D eigenvalue weighted by molar-refractivity contribution is 5.33. The van der Waals surface area contributed by atoms with E-state index in [0.717, 1.165) is 42.4 Å². The molecule has 3 N–H and O–H groups in total. The second kappa shape index (κ2) is 25.5. The van der Waals surface area contributed by atoms with Crippen LogP contribution in [0.1, 0.15) is 129 Å². The third kappa shape index (κ3) is 28.7. The Morgan fingerprint density at radius 2 is 0.887 bits per heavy atom. The summed E-state index contributed by atoms with van der Waals surface area (Å²) in [5.74, 6) is 0.214. The Kier molecular flexibility index (Phi) is 23.8. The maximum atomic E-state index is 10.6. The van der Waals surface area contributed by atoms with Gasteiger partial charge in [-0.2, -0.15) is 0 Å². The van der Waals surface area contributed by atoms with Crippen LogP contribution >= 0.6 is 0 Å². The lowest BCUT2D eigenvalue weighted by Gasteiger charge is -2.29. The molecule has 3 nitrogen and oxygen atoms in total. The molecule has 2 atom stereocenters. The summed E-state index contributed by atoms with van der Waals surface area (Å²) in [6.07, 6.45) is 44.1. The van der Waals surface area contributed by atoms with Crippen molar-refractivity contribution < 1.29 is 15.3 Å². The summed E-state index contributed by atoms with van der Waals surface area (Å²) in [5, 5.41) is 31.2. The molecule has 0 aromatic heterocycles. The molecule has 0 spiro atoms. The molecule has 2 unspecified atom stereocenters. The second-order valence-electron chi connectivity index (χ2n) is 16.8. The van der Waals surface area contributed by atoms with Crippen molar-refractivity contribution in [1.82, 2.24) is 0 Å². The third-order valence-electron chi connectivity index (χ3n) is 8.99. The fourth-order valence-corrected chi connectivity index (χ4v) is 5.20. The predicted octanol–water partition coefficient (Wildman–Crippen LogP) is 13.5. The zero-order chi connectivity index (χ0) is 40.7. The molecular weight excluding hydrogens is 649 g/mol. The summed E-state index contributed by atoms with van der Waals surface area (Å²) in [5.41, 5.74) is 6.14. The predicted molar refractivity (Wildman–Crippen MR) is 236 cm³/mol. The number of aliphatic hydroxyl groups is 3. The molecule has 0 fully saturated rings. The molecule has 0 amide bonds. The van der Waals surface area contributed by atoms with Gasteiger partial charge in [-0.15, -0.1) is 0 Å². The summed E-state index contributed by atoms with van der Waals surface area (Å²) < 4.78 is 0. The van der Waals surface area contributed by atoms with Gasteiger partial charge in [-0.05, 0) is 135 Å². The van der Waals surface area contributed by atoms with Crippen molar-refractivity contribution in [2.45, 2.75) is 146 Å². The van der Waals surface area contributed by atoms with Crippen LogP contribution in [-0.2, 0) is 0 Å². The Labute approximate surface area is 326 Å². The van der Waals surface area contributed by atoms with E-state index in [9.17, 15) is 15.3 Å². The van der Waals surface area contributed by atoms with Gasteiger partial charge < -0.3 is 15.3 Å². The van der Waals surface area contributed by atoms with Crippen molar-refractivity contribution in [2.75, 3.05) is 0 Å². The lowest BCUT2D eigenvalue weighted by Crippen LogP contribution is -2.31. The molecule has 0 bridgehead atoms. The van der Waals surface area contributed by atoms with Crippen LogP contribution in [-0.4, -0.2) is 32.1 Å². The molecule has 0 aliphatic rings. The van der Waals surface area contributed by atoms with Gasteiger partial charge in [0.1, 0.15) is 0 Å². The zero-order valence-electron chi connectivity index (χ0n) is 36.0. The van der Waals surface area contributed by atoms with Crippen molar-refractivity contribution in [1.29, 1.82) is 0 Å². The largest absolute Gasteiger partial charge is 0.390 e. The van der Waals surface area contributed by atoms with Crippen LogP contribution < -0.4 is 0 Å². The molecule has 0 aliphatic heterocycles. The molecule has 0 aromatic rings. The van der Waals surface area contributed by atoms with Crippen LogP contribution in [0.25, 0.3) is 0 Å². The van der Waals surface area contributed by atoms with E-state index in [-0.39, 0.29) is 11.8 Å². The fourth-order valence-electron chi connectivity index (χ4n) is 5.20. The van der Waals surface area contributed by atoms with Crippen LogP contribution in [0, 0.1) is 11.8 Å². The molecule has 0 aromatic carbocycles. The van der Waals surface area contributed by atoms with E-state index in [1.165, 1.54) is 22.3 Å². The van der Waals surface area contributed by atoms with Gasteiger partial charge in [-0.1, -0.05) is 154 Å². The average molecular weight is 725 g/mol. The molecule has 0 saturated heterocycles. The van der Waals surface area contributed by atoms with Crippen molar-refractivity contribution in [2.24, 2.45) is 11.8 Å². The Morgan fingerprint density at radius 1 is 0.491 bits per heavy atom. The third-order valence-corrected chi connectivity index (χ3v) is 8.99. The number of hydrogen-bond acceptors (Lipinski definition) is 3. The lowest BCUT2D eigenvalue weighted by atomic mass is 9.83. The average Bonchev–Trinajstić information content (AvgIpc) is 3.01. The van der Waals surface area contributed by atoms with Crippen molar-refractivity contribution in [3.63, 3.8) is 0 Å². The Balaban J connectivity index is 5.01. The Bertz CT molecular complexity index is 1490. The molecular formula is C50H76O3. The highest BCUT2D eigenvalue weighted by Gasteiger charge is 2.27. The summed E-state index contributed by atoms with van der Waals surface area (Å²) in [6, 6.07) is 0. The quantitative estimate of drug-likeness (QED) is 0.0769. The molecule has 3 heteroatoms. The van der Waals surface area contributed by atoms with Crippen molar-refractivity contribution in [3.05, 3.63) is 154 Å². The van der Waals surface area contributed by atoms with E-state index < -0.39 is 16.8 Å². The molecule has 0 rings (SSSR count). The van der Waals surface area contributed by atoms with Gasteiger partial charge in [0.2, 0.25) is 0 Å². The minimum atomic E-state index is -0.843. The number of rotatable bonds is 22. The second-order valence-corrected chi connectivity index (χ2v) is 16.8. The highest BCUT2D eigenvalue weighted by atomic mass is 16.3. The number of allylic oxidation sites excluding steroid dienone is 25. The first-order chi connectivity index (χ1) is 24.5. The monoisotopic (exact) mass is 725 g/mol.